The fourth-order valence-corrected chi connectivity index (χ4v) is 6.86. The molecule has 394 valence electrons. The molecule has 0 aliphatic rings. The maximum absolute atomic E-state index is 16.9. The second-order valence-corrected chi connectivity index (χ2v) is 17.7. The molecule has 0 aromatic heterocycles. The van der Waals surface area contributed by atoms with E-state index in [0.29, 0.717) is 44.9 Å². The van der Waals surface area contributed by atoms with Crippen molar-refractivity contribution in [2.45, 2.75) is 225 Å². The molecule has 0 spiro atoms. The molecule has 0 heterocycles. The number of carbonyl (C=O) groups is 6. The van der Waals surface area contributed by atoms with Crippen molar-refractivity contribution in [2.24, 2.45) is 5.92 Å². The number of esters is 6. The molecule has 68 heavy (non-hydrogen) atoms. The Hall–Kier alpha value is -4.12. The summed E-state index contributed by atoms with van der Waals surface area (Å²) in [5, 5.41) is 0. The van der Waals surface area contributed by atoms with Crippen molar-refractivity contribution in [3.63, 3.8) is 0 Å². The highest BCUT2D eigenvalue weighted by molar-refractivity contribution is 5.88. The standard InChI is InChI=1S/C50H80F6O12/c1-10-16-19-22-27-47(51,43(59)65-34-39(32-63-41(57)36(7)8)67-44(60)48(52,28-23-20-17-11-2)29-24-21-18-12-3)30-25-26-38(13-4)31-37(9)42(58)64-33-40(68-46(62)50(55,56)15-6)35-66-45(61)49(53,54)14-5/h38-40H,7,9-35H2,1-6,8H3. The fourth-order valence-electron chi connectivity index (χ4n) is 6.86. The maximum atomic E-state index is 16.9. The molecule has 0 bridgehead atoms. The van der Waals surface area contributed by atoms with E-state index >= 15 is 8.78 Å². The van der Waals surface area contributed by atoms with Crippen LogP contribution in [-0.4, -0.2) is 97.6 Å². The van der Waals surface area contributed by atoms with Gasteiger partial charge in [-0.1, -0.05) is 125 Å². The third-order valence-corrected chi connectivity index (χ3v) is 11.6. The minimum absolute atomic E-state index is 0.00510. The lowest BCUT2D eigenvalue weighted by molar-refractivity contribution is -0.191. The number of halogens is 6. The second kappa shape index (κ2) is 33.4. The normalized spacial score (nSPS) is 14.1. The number of ether oxygens (including phenoxy) is 6. The van der Waals surface area contributed by atoms with Gasteiger partial charge in [-0.15, -0.1) is 0 Å². The van der Waals surface area contributed by atoms with E-state index in [0.717, 1.165) is 52.4 Å². The average molecular weight is 987 g/mol. The highest BCUT2D eigenvalue weighted by Crippen LogP contribution is 2.33. The number of rotatable bonds is 40. The van der Waals surface area contributed by atoms with E-state index < -0.39 is 110 Å². The molecule has 0 N–H and O–H groups in total. The molecule has 0 aromatic rings. The molecule has 0 rings (SSSR count). The Morgan fingerprint density at radius 1 is 0.471 bits per heavy atom. The number of alkyl halides is 6. The van der Waals surface area contributed by atoms with Crippen LogP contribution in [0.1, 0.15) is 190 Å². The van der Waals surface area contributed by atoms with Crippen LogP contribution in [0.5, 0.6) is 0 Å². The quantitative estimate of drug-likeness (QED) is 0.0188. The van der Waals surface area contributed by atoms with Crippen molar-refractivity contribution in [1.29, 1.82) is 0 Å². The first-order chi connectivity index (χ1) is 31.9. The van der Waals surface area contributed by atoms with Gasteiger partial charge in [-0.25, -0.2) is 37.5 Å². The van der Waals surface area contributed by atoms with Crippen LogP contribution in [0, 0.1) is 5.92 Å². The van der Waals surface area contributed by atoms with Crippen LogP contribution in [-0.2, 0) is 57.2 Å². The van der Waals surface area contributed by atoms with Gasteiger partial charge in [-0.2, -0.15) is 17.6 Å². The maximum Gasteiger partial charge on any atom is 0.377 e. The predicted molar refractivity (Wildman–Crippen MR) is 244 cm³/mol. The minimum Gasteiger partial charge on any atom is -0.459 e. The van der Waals surface area contributed by atoms with Crippen molar-refractivity contribution in [2.75, 3.05) is 26.4 Å². The Bertz CT molecular complexity index is 1560. The predicted octanol–water partition coefficient (Wildman–Crippen LogP) is 12.1. The zero-order valence-corrected chi connectivity index (χ0v) is 41.7. The lowest BCUT2D eigenvalue weighted by Gasteiger charge is -2.28. The van der Waals surface area contributed by atoms with Crippen molar-refractivity contribution in [3.05, 3.63) is 24.3 Å². The SMILES string of the molecule is C=C(C)C(=O)OCC(COC(=O)C(F)(CCCCCC)CCCC(CC)CC(=C)C(=O)OCC(COC(=O)C(F)(F)CC)OC(=O)C(F)(F)CC)OC(=O)C(F)(CCCCCC)CCCCCC. The summed E-state index contributed by atoms with van der Waals surface area (Å²) in [5.74, 6) is -16.6. The smallest absolute Gasteiger partial charge is 0.377 e. The molecule has 0 fully saturated rings. The summed E-state index contributed by atoms with van der Waals surface area (Å²) in [6, 6.07) is 0. The summed E-state index contributed by atoms with van der Waals surface area (Å²) >= 11 is 0. The summed E-state index contributed by atoms with van der Waals surface area (Å²) in [5.41, 5.74) is -4.94. The third-order valence-electron chi connectivity index (χ3n) is 11.6. The molecule has 12 nitrogen and oxygen atoms in total. The molecule has 0 saturated heterocycles. The lowest BCUT2D eigenvalue weighted by Crippen LogP contribution is -2.42. The van der Waals surface area contributed by atoms with Crippen molar-refractivity contribution < 1.29 is 83.5 Å². The Morgan fingerprint density at radius 3 is 1.28 bits per heavy atom. The molecule has 0 aliphatic heterocycles. The summed E-state index contributed by atoms with van der Waals surface area (Å²) in [6.07, 6.45) is 3.32. The van der Waals surface area contributed by atoms with Gasteiger partial charge in [0.1, 0.15) is 26.4 Å². The second-order valence-electron chi connectivity index (χ2n) is 17.7. The van der Waals surface area contributed by atoms with Gasteiger partial charge in [-0.05, 0) is 70.6 Å². The van der Waals surface area contributed by atoms with E-state index in [4.69, 9.17) is 18.9 Å². The van der Waals surface area contributed by atoms with Gasteiger partial charge >= 0.3 is 47.7 Å². The zero-order valence-electron chi connectivity index (χ0n) is 41.7. The van der Waals surface area contributed by atoms with Gasteiger partial charge in [-0.3, -0.25) is 0 Å². The van der Waals surface area contributed by atoms with Crippen LogP contribution in [0.2, 0.25) is 0 Å². The van der Waals surface area contributed by atoms with E-state index in [1.165, 1.54) is 6.92 Å². The summed E-state index contributed by atoms with van der Waals surface area (Å²) in [7, 11) is 0. The van der Waals surface area contributed by atoms with Crippen molar-refractivity contribution >= 4 is 35.8 Å². The van der Waals surface area contributed by atoms with E-state index in [2.05, 4.69) is 22.6 Å². The van der Waals surface area contributed by atoms with Crippen LogP contribution < -0.4 is 0 Å². The minimum atomic E-state index is -3.97. The molecular formula is C50H80F6O12. The van der Waals surface area contributed by atoms with Crippen LogP contribution in [0.3, 0.4) is 0 Å². The van der Waals surface area contributed by atoms with E-state index in [1.807, 2.05) is 20.8 Å². The van der Waals surface area contributed by atoms with Crippen molar-refractivity contribution in [1.82, 2.24) is 0 Å². The van der Waals surface area contributed by atoms with Crippen LogP contribution in [0.4, 0.5) is 26.3 Å². The largest absolute Gasteiger partial charge is 0.459 e. The van der Waals surface area contributed by atoms with Crippen LogP contribution in [0.15, 0.2) is 24.3 Å². The zero-order chi connectivity index (χ0) is 52.0. The highest BCUT2D eigenvalue weighted by atomic mass is 19.3. The molecule has 18 heteroatoms. The van der Waals surface area contributed by atoms with Gasteiger partial charge in [0, 0.05) is 24.0 Å². The summed E-state index contributed by atoms with van der Waals surface area (Å²) in [4.78, 5) is 76.3. The Labute approximate surface area is 400 Å². The van der Waals surface area contributed by atoms with Gasteiger partial charge in [0.05, 0.1) is 0 Å². The topological polar surface area (TPSA) is 158 Å². The first-order valence-electron chi connectivity index (χ1n) is 24.5. The summed E-state index contributed by atoms with van der Waals surface area (Å²) in [6.45, 7) is 15.0. The van der Waals surface area contributed by atoms with Crippen LogP contribution in [0.25, 0.3) is 0 Å². The number of carbonyl (C=O) groups excluding carboxylic acids is 6. The summed E-state index contributed by atoms with van der Waals surface area (Å²) < 4.78 is 119. The molecule has 4 unspecified atom stereocenters. The fraction of sp³-hybridized carbons (Fsp3) is 0.800. The highest BCUT2D eigenvalue weighted by Gasteiger charge is 2.44. The molecule has 4 atom stereocenters. The first kappa shape index (κ1) is 63.9. The molecule has 0 amide bonds. The van der Waals surface area contributed by atoms with E-state index in [1.54, 1.807) is 6.92 Å². The molecule has 0 aliphatic carbocycles. The van der Waals surface area contributed by atoms with Crippen LogP contribution >= 0.6 is 0 Å². The number of unbranched alkanes of at least 4 members (excludes halogenated alkanes) is 9. The van der Waals surface area contributed by atoms with Crippen molar-refractivity contribution in [3.8, 4) is 0 Å². The van der Waals surface area contributed by atoms with Gasteiger partial charge in [0.2, 0.25) is 11.3 Å². The van der Waals surface area contributed by atoms with E-state index in [9.17, 15) is 46.3 Å². The first-order valence-corrected chi connectivity index (χ1v) is 24.5. The average Bonchev–Trinajstić information content (AvgIpc) is 3.30. The molecule has 0 radical (unpaired) electrons. The van der Waals surface area contributed by atoms with Gasteiger partial charge in [0.25, 0.3) is 0 Å². The lowest BCUT2D eigenvalue weighted by atomic mass is 9.87. The molecule has 0 aromatic carbocycles. The van der Waals surface area contributed by atoms with Gasteiger partial charge < -0.3 is 28.4 Å². The monoisotopic (exact) mass is 987 g/mol. The number of hydrogen-bond acceptors (Lipinski definition) is 12. The van der Waals surface area contributed by atoms with E-state index in [-0.39, 0.29) is 62.0 Å². The van der Waals surface area contributed by atoms with Gasteiger partial charge in [0.15, 0.2) is 12.2 Å². The molecule has 0 saturated carbocycles. The Kier molecular flexibility index (Phi) is 31.4. The Morgan fingerprint density at radius 2 is 0.853 bits per heavy atom. The number of hydrogen-bond donors (Lipinski definition) is 0. The molecular weight excluding hydrogens is 907 g/mol. The third kappa shape index (κ3) is 24.9. The Balaban J connectivity index is 6.03.